The monoisotopic (exact) mass is 278 g/mol. The zero-order valence-corrected chi connectivity index (χ0v) is 12.2. The largest absolute Gasteiger partial charge is 0.350 e. The number of carbonyl (C=O) groups is 2. The number of amides is 2. The normalized spacial score (nSPS) is 15.9. The summed E-state index contributed by atoms with van der Waals surface area (Å²) in [5, 5.41) is 2.93. The summed E-state index contributed by atoms with van der Waals surface area (Å²) in [5.41, 5.74) is 1.42. The fourth-order valence-electron chi connectivity index (χ4n) is 1.82. The number of rotatable bonds is 3. The number of fused-ring (bicyclic) bond motifs is 1. The Morgan fingerprint density at radius 2 is 2.26 bits per heavy atom. The molecule has 0 spiro atoms. The molecule has 1 atom stereocenters. The van der Waals surface area contributed by atoms with Gasteiger partial charge in [-0.15, -0.1) is 11.8 Å². The van der Waals surface area contributed by atoms with E-state index in [1.807, 2.05) is 26.0 Å². The van der Waals surface area contributed by atoms with Crippen LogP contribution in [0.4, 0.5) is 5.69 Å². The molecule has 1 heterocycles. The maximum Gasteiger partial charge on any atom is 0.251 e. The molecule has 0 unspecified atom stereocenters. The summed E-state index contributed by atoms with van der Waals surface area (Å²) in [5.74, 6) is 0.438. The number of hydrogen-bond acceptors (Lipinski definition) is 3. The molecule has 1 aromatic rings. The summed E-state index contributed by atoms with van der Waals surface area (Å²) < 4.78 is 0. The van der Waals surface area contributed by atoms with Gasteiger partial charge in [-0.2, -0.15) is 0 Å². The van der Waals surface area contributed by atoms with E-state index >= 15 is 0 Å². The number of nitrogens with one attached hydrogen (secondary N) is 1. The van der Waals surface area contributed by atoms with Crippen LogP contribution in [-0.4, -0.2) is 30.7 Å². The highest BCUT2D eigenvalue weighted by atomic mass is 32.2. The van der Waals surface area contributed by atoms with Gasteiger partial charge in [-0.25, -0.2) is 0 Å². The van der Waals surface area contributed by atoms with Gasteiger partial charge in [0.1, 0.15) is 0 Å². The predicted octanol–water partition coefficient (Wildman–Crippen LogP) is 2.28. The Hall–Kier alpha value is -1.49. The summed E-state index contributed by atoms with van der Waals surface area (Å²) in [6, 6.07) is 5.66. The molecule has 2 rings (SSSR count). The molecular formula is C14H18N2O2S. The average molecular weight is 278 g/mol. The van der Waals surface area contributed by atoms with E-state index < -0.39 is 0 Å². The van der Waals surface area contributed by atoms with Gasteiger partial charge in [-0.1, -0.05) is 6.92 Å². The van der Waals surface area contributed by atoms with Crippen molar-refractivity contribution < 1.29 is 9.59 Å². The van der Waals surface area contributed by atoms with Crippen LogP contribution in [0.2, 0.25) is 0 Å². The molecule has 1 aliphatic heterocycles. The van der Waals surface area contributed by atoms with Crippen molar-refractivity contribution in [3.8, 4) is 0 Å². The van der Waals surface area contributed by atoms with Crippen LogP contribution in [0.5, 0.6) is 0 Å². The third-order valence-corrected chi connectivity index (χ3v) is 4.35. The van der Waals surface area contributed by atoms with Gasteiger partial charge in [0.05, 0.1) is 11.4 Å². The Morgan fingerprint density at radius 3 is 2.95 bits per heavy atom. The topological polar surface area (TPSA) is 49.4 Å². The number of carbonyl (C=O) groups excluding carboxylic acids is 2. The van der Waals surface area contributed by atoms with Gasteiger partial charge in [-0.3, -0.25) is 9.59 Å². The fraction of sp³-hybridized carbons (Fsp3) is 0.429. The number of anilines is 1. The molecule has 0 aromatic heterocycles. The molecule has 0 saturated carbocycles. The first kappa shape index (κ1) is 13.9. The second kappa shape index (κ2) is 5.65. The third kappa shape index (κ3) is 2.92. The highest BCUT2D eigenvalue weighted by Crippen LogP contribution is 2.35. The lowest BCUT2D eigenvalue weighted by Crippen LogP contribution is -2.33. The van der Waals surface area contributed by atoms with Crippen LogP contribution < -0.4 is 10.2 Å². The Morgan fingerprint density at radius 1 is 1.53 bits per heavy atom. The maximum absolute atomic E-state index is 12.1. The second-order valence-corrected chi connectivity index (χ2v) is 5.72. The maximum atomic E-state index is 12.1. The lowest BCUT2D eigenvalue weighted by Gasteiger charge is -2.25. The fourth-order valence-corrected chi connectivity index (χ4v) is 2.80. The van der Waals surface area contributed by atoms with Crippen LogP contribution in [0.25, 0.3) is 0 Å². The van der Waals surface area contributed by atoms with Crippen LogP contribution in [0.3, 0.4) is 0 Å². The molecule has 1 N–H and O–H groups in total. The highest BCUT2D eigenvalue weighted by Gasteiger charge is 2.22. The summed E-state index contributed by atoms with van der Waals surface area (Å²) in [6.07, 6.45) is 0.894. The minimum absolute atomic E-state index is 0.0667. The molecule has 0 aliphatic carbocycles. The smallest absolute Gasteiger partial charge is 0.251 e. The Kier molecular flexibility index (Phi) is 4.14. The van der Waals surface area contributed by atoms with Crippen molar-refractivity contribution in [2.75, 3.05) is 17.7 Å². The van der Waals surface area contributed by atoms with E-state index in [1.165, 1.54) is 11.8 Å². The van der Waals surface area contributed by atoms with E-state index in [1.54, 1.807) is 18.0 Å². The van der Waals surface area contributed by atoms with Crippen molar-refractivity contribution in [2.24, 2.45) is 0 Å². The average Bonchev–Trinajstić information content (AvgIpc) is 2.42. The molecule has 0 fully saturated rings. The minimum Gasteiger partial charge on any atom is -0.350 e. The van der Waals surface area contributed by atoms with Gasteiger partial charge >= 0.3 is 0 Å². The van der Waals surface area contributed by atoms with E-state index in [0.717, 1.165) is 17.0 Å². The third-order valence-electron chi connectivity index (χ3n) is 3.30. The van der Waals surface area contributed by atoms with Gasteiger partial charge in [0.2, 0.25) is 5.91 Å². The van der Waals surface area contributed by atoms with Crippen LogP contribution in [-0.2, 0) is 4.79 Å². The molecular weight excluding hydrogens is 260 g/mol. The SMILES string of the molecule is CC[C@H](C)NC(=O)c1ccc2c(c1)N(C)C(=O)CS2. The van der Waals surface area contributed by atoms with E-state index in [2.05, 4.69) is 5.32 Å². The number of hydrogen-bond donors (Lipinski definition) is 1. The molecule has 0 saturated heterocycles. The van der Waals surface area contributed by atoms with Crippen molar-refractivity contribution in [1.29, 1.82) is 0 Å². The lowest BCUT2D eigenvalue weighted by atomic mass is 10.1. The molecule has 5 heteroatoms. The number of nitrogens with zero attached hydrogens (tertiary/aromatic N) is 1. The van der Waals surface area contributed by atoms with E-state index in [4.69, 9.17) is 0 Å². The Labute approximate surface area is 117 Å². The zero-order valence-electron chi connectivity index (χ0n) is 11.4. The quantitative estimate of drug-likeness (QED) is 0.923. The van der Waals surface area contributed by atoms with Crippen LogP contribution in [0.15, 0.2) is 23.1 Å². The minimum atomic E-state index is -0.0893. The second-order valence-electron chi connectivity index (χ2n) is 4.71. The predicted molar refractivity (Wildman–Crippen MR) is 77.8 cm³/mol. The van der Waals surface area contributed by atoms with Gasteiger partial charge in [0.25, 0.3) is 5.91 Å². The molecule has 1 aliphatic rings. The van der Waals surface area contributed by atoms with E-state index in [0.29, 0.717) is 11.3 Å². The van der Waals surface area contributed by atoms with Gasteiger partial charge in [-0.05, 0) is 31.5 Å². The Balaban J connectivity index is 2.25. The molecule has 0 bridgehead atoms. The summed E-state index contributed by atoms with van der Waals surface area (Å²) in [6.45, 7) is 4.00. The van der Waals surface area contributed by atoms with Gasteiger partial charge < -0.3 is 10.2 Å². The van der Waals surface area contributed by atoms with Crippen LogP contribution in [0, 0.1) is 0 Å². The standard InChI is InChI=1S/C14H18N2O2S/c1-4-9(2)15-14(18)10-5-6-12-11(7-10)16(3)13(17)8-19-12/h5-7,9H,4,8H2,1-3H3,(H,15,18)/t9-/m0/s1. The van der Waals surface area contributed by atoms with Gasteiger partial charge in [0.15, 0.2) is 0 Å². The molecule has 102 valence electrons. The van der Waals surface area contributed by atoms with Gasteiger partial charge in [0, 0.05) is 23.5 Å². The van der Waals surface area contributed by atoms with E-state index in [9.17, 15) is 9.59 Å². The first-order valence-electron chi connectivity index (χ1n) is 6.37. The molecule has 1 aromatic carbocycles. The highest BCUT2D eigenvalue weighted by molar-refractivity contribution is 8.00. The van der Waals surface area contributed by atoms with Crippen LogP contribution >= 0.6 is 11.8 Å². The van der Waals surface area contributed by atoms with Crippen molar-refractivity contribution in [3.05, 3.63) is 23.8 Å². The number of benzene rings is 1. The summed E-state index contributed by atoms with van der Waals surface area (Å²) in [7, 11) is 1.75. The lowest BCUT2D eigenvalue weighted by molar-refractivity contribution is -0.116. The van der Waals surface area contributed by atoms with Crippen LogP contribution in [0.1, 0.15) is 30.6 Å². The van der Waals surface area contributed by atoms with Crippen molar-refractivity contribution in [1.82, 2.24) is 5.32 Å². The zero-order chi connectivity index (χ0) is 14.0. The summed E-state index contributed by atoms with van der Waals surface area (Å²) >= 11 is 1.52. The molecule has 0 radical (unpaired) electrons. The van der Waals surface area contributed by atoms with Crippen molar-refractivity contribution in [3.63, 3.8) is 0 Å². The first-order chi connectivity index (χ1) is 9.02. The number of thioether (sulfide) groups is 1. The van der Waals surface area contributed by atoms with Crippen molar-refractivity contribution >= 4 is 29.3 Å². The summed E-state index contributed by atoms with van der Waals surface area (Å²) in [4.78, 5) is 26.4. The molecule has 2 amide bonds. The Bertz CT molecular complexity index is 516. The molecule has 19 heavy (non-hydrogen) atoms. The van der Waals surface area contributed by atoms with E-state index in [-0.39, 0.29) is 17.9 Å². The molecule has 4 nitrogen and oxygen atoms in total. The van der Waals surface area contributed by atoms with Crippen molar-refractivity contribution in [2.45, 2.75) is 31.2 Å². The first-order valence-corrected chi connectivity index (χ1v) is 7.35.